The molecule has 0 atom stereocenters. The van der Waals surface area contributed by atoms with Gasteiger partial charge in [-0.3, -0.25) is 4.72 Å². The minimum absolute atomic E-state index is 0.0818. The first-order chi connectivity index (χ1) is 17.1. The number of nitrogens with zero attached hydrogens (tertiary/aromatic N) is 1. The molecule has 182 valence electrons. The van der Waals surface area contributed by atoms with E-state index in [1.54, 1.807) is 12.1 Å². The first kappa shape index (κ1) is 23.7. The van der Waals surface area contributed by atoms with Gasteiger partial charge in [-0.05, 0) is 43.3 Å². The monoisotopic (exact) mass is 506 g/mol. The summed E-state index contributed by atoms with van der Waals surface area (Å²) in [6, 6.07) is 26.3. The zero-order valence-corrected chi connectivity index (χ0v) is 19.9. The van der Waals surface area contributed by atoms with E-state index in [4.69, 9.17) is 0 Å². The summed E-state index contributed by atoms with van der Waals surface area (Å²) in [5.74, 6) is 0. The molecule has 1 heterocycles. The first-order valence-corrected chi connectivity index (χ1v) is 12.6. The second kappa shape index (κ2) is 8.87. The molecule has 0 aliphatic carbocycles. The highest BCUT2D eigenvalue weighted by molar-refractivity contribution is 7.89. The minimum atomic E-state index is -4.48. The fourth-order valence-corrected chi connectivity index (χ4v) is 5.11. The minimum Gasteiger partial charge on any atom is -0.307 e. The van der Waals surface area contributed by atoms with Gasteiger partial charge in [0, 0.05) is 22.5 Å². The van der Waals surface area contributed by atoms with Crippen molar-refractivity contribution in [3.63, 3.8) is 0 Å². The zero-order chi connectivity index (χ0) is 25.5. The van der Waals surface area contributed by atoms with Crippen LogP contribution < -0.4 is 4.72 Å². The summed E-state index contributed by atoms with van der Waals surface area (Å²) in [5, 5.41) is 1.87. The van der Waals surface area contributed by atoms with Crippen molar-refractivity contribution in [3.8, 4) is 0 Å². The van der Waals surface area contributed by atoms with Crippen LogP contribution in [-0.4, -0.2) is 13.0 Å². The lowest BCUT2D eigenvalue weighted by atomic mass is 10.1. The fourth-order valence-electron chi connectivity index (χ4n) is 4.21. The van der Waals surface area contributed by atoms with Crippen LogP contribution in [-0.2, 0) is 16.2 Å². The van der Waals surface area contributed by atoms with Gasteiger partial charge in [-0.1, -0.05) is 66.2 Å². The van der Waals surface area contributed by atoms with Crippen LogP contribution in [0.15, 0.2) is 108 Å². The van der Waals surface area contributed by atoms with Crippen LogP contribution in [0.4, 0.5) is 13.2 Å². The van der Waals surface area contributed by atoms with E-state index in [0.29, 0.717) is 11.3 Å². The molecule has 4 aromatic carbocycles. The van der Waals surface area contributed by atoms with E-state index in [1.807, 2.05) is 60.0 Å². The highest BCUT2D eigenvalue weighted by atomic mass is 32.2. The number of hydrogen-bond acceptors (Lipinski definition) is 2. The average molecular weight is 507 g/mol. The summed E-state index contributed by atoms with van der Waals surface area (Å²) < 4.78 is 70.1. The van der Waals surface area contributed by atoms with E-state index in [-0.39, 0.29) is 4.90 Å². The molecule has 0 spiro atoms. The Balaban J connectivity index is 1.72. The van der Waals surface area contributed by atoms with Crippen molar-refractivity contribution in [2.45, 2.75) is 18.0 Å². The predicted octanol–water partition coefficient (Wildman–Crippen LogP) is 6.95. The highest BCUT2D eigenvalue weighted by Gasteiger charge is 2.30. The Hall–Kier alpha value is -4.04. The van der Waals surface area contributed by atoms with Crippen LogP contribution in [0.3, 0.4) is 0 Å². The lowest BCUT2D eigenvalue weighted by molar-refractivity contribution is -0.137. The van der Waals surface area contributed by atoms with Gasteiger partial charge in [-0.15, -0.1) is 0 Å². The molecule has 0 saturated heterocycles. The van der Waals surface area contributed by atoms with Gasteiger partial charge < -0.3 is 4.57 Å². The van der Waals surface area contributed by atoms with Crippen molar-refractivity contribution in [2.24, 2.45) is 0 Å². The normalized spacial score (nSPS) is 12.8. The molecule has 0 fully saturated rings. The van der Waals surface area contributed by atoms with Gasteiger partial charge in [0.25, 0.3) is 10.0 Å². The molecule has 0 amide bonds. The maximum atomic E-state index is 13.2. The number of sulfonamides is 1. The quantitative estimate of drug-likeness (QED) is 0.281. The smallest absolute Gasteiger partial charge is 0.307 e. The van der Waals surface area contributed by atoms with Crippen molar-refractivity contribution in [1.29, 1.82) is 0 Å². The molecule has 1 aromatic heterocycles. The second-order valence-electron chi connectivity index (χ2n) is 8.41. The Kier molecular flexibility index (Phi) is 5.84. The number of aromatic nitrogens is 1. The van der Waals surface area contributed by atoms with Crippen LogP contribution in [0.5, 0.6) is 0 Å². The van der Waals surface area contributed by atoms with E-state index in [2.05, 4.69) is 4.72 Å². The molecule has 0 bridgehead atoms. The molecular formula is C28H21F3N2O2S. The average Bonchev–Trinajstić information content (AvgIpc) is 3.19. The molecule has 4 nitrogen and oxygen atoms in total. The standard InChI is InChI=1S/C28H21F3N2O2S/c1-19-10-16-22(17-11-19)36(34,35)32-18-27(20-12-14-21(15-13-20)28(29,30)31)33-25-8-4-2-6-23(25)24-7-3-5-9-26(24)33/h2-18,32H,1H3/b27-18-. The Labute approximate surface area is 206 Å². The second-order valence-corrected chi connectivity index (χ2v) is 10.1. The molecule has 0 unspecified atom stereocenters. The molecule has 36 heavy (non-hydrogen) atoms. The van der Waals surface area contributed by atoms with Crippen molar-refractivity contribution >= 4 is 37.5 Å². The Morgan fingerprint density at radius 1 is 0.778 bits per heavy atom. The van der Waals surface area contributed by atoms with Crippen LogP contribution in [0.1, 0.15) is 16.7 Å². The number of nitrogens with one attached hydrogen (secondary N) is 1. The summed E-state index contributed by atoms with van der Waals surface area (Å²) in [6.07, 6.45) is -3.15. The summed E-state index contributed by atoms with van der Waals surface area (Å²) >= 11 is 0. The van der Waals surface area contributed by atoms with Crippen LogP contribution in [0.25, 0.3) is 27.5 Å². The molecule has 0 saturated carbocycles. The van der Waals surface area contributed by atoms with Gasteiger partial charge in [-0.2, -0.15) is 13.2 Å². The number of para-hydroxylation sites is 2. The maximum Gasteiger partial charge on any atom is 0.416 e. The lowest BCUT2D eigenvalue weighted by Crippen LogP contribution is -2.19. The van der Waals surface area contributed by atoms with Gasteiger partial charge in [-0.25, -0.2) is 8.42 Å². The highest BCUT2D eigenvalue weighted by Crippen LogP contribution is 2.35. The van der Waals surface area contributed by atoms with E-state index in [9.17, 15) is 21.6 Å². The SMILES string of the molecule is Cc1ccc(S(=O)(=O)N/C=C(/c2ccc(C(F)(F)F)cc2)n2c3ccccc3c3ccccc32)cc1. The topological polar surface area (TPSA) is 51.1 Å². The van der Waals surface area contributed by atoms with Crippen LogP contribution in [0.2, 0.25) is 0 Å². The molecule has 1 N–H and O–H groups in total. The summed E-state index contributed by atoms with van der Waals surface area (Å²) in [4.78, 5) is 0.0818. The predicted molar refractivity (Wildman–Crippen MR) is 136 cm³/mol. The number of rotatable bonds is 5. The molecule has 0 radical (unpaired) electrons. The summed E-state index contributed by atoms with van der Waals surface area (Å²) in [6.45, 7) is 1.86. The van der Waals surface area contributed by atoms with Crippen molar-refractivity contribution < 1.29 is 21.6 Å². The molecule has 8 heteroatoms. The third-order valence-electron chi connectivity index (χ3n) is 6.01. The Bertz CT molecular complexity index is 1650. The van der Waals surface area contributed by atoms with Crippen molar-refractivity contribution in [2.75, 3.05) is 0 Å². The number of benzene rings is 4. The fraction of sp³-hybridized carbons (Fsp3) is 0.0714. The van der Waals surface area contributed by atoms with E-state index in [1.165, 1.54) is 30.5 Å². The van der Waals surface area contributed by atoms with Gasteiger partial charge >= 0.3 is 6.18 Å². The third-order valence-corrected chi connectivity index (χ3v) is 7.33. The molecular weight excluding hydrogens is 485 g/mol. The van der Waals surface area contributed by atoms with Crippen LogP contribution >= 0.6 is 0 Å². The number of aryl methyl sites for hydroxylation is 1. The largest absolute Gasteiger partial charge is 0.416 e. The van der Waals surface area contributed by atoms with E-state index >= 15 is 0 Å². The number of halogens is 3. The van der Waals surface area contributed by atoms with Gasteiger partial charge in [0.2, 0.25) is 0 Å². The third kappa shape index (κ3) is 4.35. The molecule has 5 rings (SSSR count). The Morgan fingerprint density at radius 3 is 1.83 bits per heavy atom. The van der Waals surface area contributed by atoms with Crippen LogP contribution in [0, 0.1) is 6.92 Å². The van der Waals surface area contributed by atoms with Gasteiger partial charge in [0.1, 0.15) is 0 Å². The van der Waals surface area contributed by atoms with Crippen molar-refractivity contribution in [1.82, 2.24) is 9.29 Å². The lowest BCUT2D eigenvalue weighted by Gasteiger charge is -2.15. The van der Waals surface area contributed by atoms with Gasteiger partial charge in [0.05, 0.1) is 27.2 Å². The van der Waals surface area contributed by atoms with E-state index in [0.717, 1.165) is 39.5 Å². The number of fused-ring (bicyclic) bond motifs is 3. The molecule has 5 aromatic rings. The van der Waals surface area contributed by atoms with E-state index < -0.39 is 21.8 Å². The maximum absolute atomic E-state index is 13.2. The van der Waals surface area contributed by atoms with Crippen molar-refractivity contribution in [3.05, 3.63) is 120 Å². The summed E-state index contributed by atoms with van der Waals surface area (Å²) in [7, 11) is -3.93. The number of alkyl halides is 3. The summed E-state index contributed by atoms with van der Waals surface area (Å²) in [5.41, 5.74) is 2.52. The van der Waals surface area contributed by atoms with Gasteiger partial charge in [0.15, 0.2) is 0 Å². The first-order valence-electron chi connectivity index (χ1n) is 11.1. The Morgan fingerprint density at radius 2 is 1.31 bits per heavy atom. The zero-order valence-electron chi connectivity index (χ0n) is 19.1. The molecule has 0 aliphatic heterocycles. The molecule has 0 aliphatic rings. The number of hydrogen-bond donors (Lipinski definition) is 1.